The lowest BCUT2D eigenvalue weighted by Crippen LogP contribution is -2.44. The van der Waals surface area contributed by atoms with Gasteiger partial charge < -0.3 is 19.9 Å². The molecule has 8 nitrogen and oxygen atoms in total. The molecule has 0 saturated carbocycles. The van der Waals surface area contributed by atoms with E-state index in [0.717, 1.165) is 11.2 Å². The number of para-hydroxylation sites is 1. The van der Waals surface area contributed by atoms with Crippen molar-refractivity contribution in [3.8, 4) is 0 Å². The van der Waals surface area contributed by atoms with Crippen LogP contribution in [0.15, 0.2) is 35.1 Å². The van der Waals surface area contributed by atoms with Crippen molar-refractivity contribution in [2.75, 3.05) is 40.3 Å². The fourth-order valence-corrected chi connectivity index (χ4v) is 4.60. The van der Waals surface area contributed by atoms with E-state index >= 15 is 0 Å². The molecule has 2 fully saturated rings. The maximum absolute atomic E-state index is 12.3. The van der Waals surface area contributed by atoms with E-state index in [4.69, 9.17) is 0 Å². The van der Waals surface area contributed by atoms with Gasteiger partial charge in [0.15, 0.2) is 5.43 Å². The molecule has 2 amide bonds. The third-order valence-corrected chi connectivity index (χ3v) is 5.95. The van der Waals surface area contributed by atoms with Crippen molar-refractivity contribution in [1.82, 2.24) is 19.7 Å². The first kappa shape index (κ1) is 18.5. The lowest BCUT2D eigenvalue weighted by atomic mass is 9.81. The summed E-state index contributed by atoms with van der Waals surface area (Å²) in [6.07, 6.45) is 0. The number of rotatable bonds is 3. The zero-order valence-electron chi connectivity index (χ0n) is 16.0. The molecule has 4 rings (SSSR count). The topological polar surface area (TPSA) is 97.0 Å². The molecular weight excluding hydrogens is 360 g/mol. The molecule has 2 aliphatic heterocycles. The average Bonchev–Trinajstić information content (AvgIpc) is 3.16. The fourth-order valence-electron chi connectivity index (χ4n) is 4.60. The maximum atomic E-state index is 12.3. The minimum absolute atomic E-state index is 0.0422. The van der Waals surface area contributed by atoms with Crippen LogP contribution in [0.3, 0.4) is 0 Å². The number of carbonyl (C=O) groups excluding carboxylic acids is 1. The van der Waals surface area contributed by atoms with Crippen LogP contribution in [0.4, 0.5) is 4.79 Å². The molecule has 0 radical (unpaired) electrons. The first-order valence-corrected chi connectivity index (χ1v) is 9.33. The minimum Gasteiger partial charge on any atom is -0.481 e. The quantitative estimate of drug-likeness (QED) is 0.824. The number of carbonyl (C=O) groups is 2. The summed E-state index contributed by atoms with van der Waals surface area (Å²) in [7, 11) is 3.35. The van der Waals surface area contributed by atoms with Crippen molar-refractivity contribution in [3.63, 3.8) is 0 Å². The Morgan fingerprint density at radius 2 is 2.00 bits per heavy atom. The molecule has 2 aliphatic rings. The molecule has 3 heterocycles. The van der Waals surface area contributed by atoms with Crippen molar-refractivity contribution < 1.29 is 14.7 Å². The van der Waals surface area contributed by atoms with Gasteiger partial charge >= 0.3 is 12.0 Å². The van der Waals surface area contributed by atoms with E-state index in [-0.39, 0.29) is 23.9 Å². The number of fused-ring (bicyclic) bond motifs is 2. The molecule has 1 aromatic carbocycles. The Morgan fingerprint density at radius 1 is 1.25 bits per heavy atom. The smallest absolute Gasteiger partial charge is 0.319 e. The first-order valence-electron chi connectivity index (χ1n) is 9.33. The van der Waals surface area contributed by atoms with Gasteiger partial charge in [-0.2, -0.15) is 0 Å². The van der Waals surface area contributed by atoms with Crippen LogP contribution in [-0.4, -0.2) is 77.1 Å². The molecule has 2 aromatic rings. The zero-order valence-corrected chi connectivity index (χ0v) is 16.0. The Hall–Kier alpha value is -2.87. The highest BCUT2D eigenvalue weighted by Gasteiger charge is 2.58. The molecule has 28 heavy (non-hydrogen) atoms. The van der Waals surface area contributed by atoms with Gasteiger partial charge in [0.1, 0.15) is 5.41 Å². The third kappa shape index (κ3) is 2.93. The molecule has 0 spiro atoms. The van der Waals surface area contributed by atoms with Crippen LogP contribution in [0.25, 0.3) is 10.9 Å². The number of carboxylic acids is 1. The monoisotopic (exact) mass is 384 g/mol. The van der Waals surface area contributed by atoms with Crippen LogP contribution < -0.4 is 5.43 Å². The number of amides is 2. The van der Waals surface area contributed by atoms with Crippen LogP contribution in [0, 0.1) is 11.3 Å². The number of nitrogens with one attached hydrogen (secondary N) is 1. The van der Waals surface area contributed by atoms with Gasteiger partial charge in [0.05, 0.1) is 0 Å². The molecule has 0 unspecified atom stereocenters. The summed E-state index contributed by atoms with van der Waals surface area (Å²) in [5.74, 6) is -0.984. The van der Waals surface area contributed by atoms with Gasteiger partial charge in [-0.05, 0) is 12.1 Å². The van der Waals surface area contributed by atoms with Crippen molar-refractivity contribution in [3.05, 3.63) is 46.2 Å². The van der Waals surface area contributed by atoms with Gasteiger partial charge in [-0.25, -0.2) is 4.79 Å². The summed E-state index contributed by atoms with van der Waals surface area (Å²) < 4.78 is 0. The summed E-state index contributed by atoms with van der Waals surface area (Å²) >= 11 is 0. The van der Waals surface area contributed by atoms with E-state index in [1.807, 2.05) is 18.2 Å². The van der Waals surface area contributed by atoms with Gasteiger partial charge in [-0.3, -0.25) is 14.5 Å². The number of aromatic nitrogens is 1. The number of carboxylic acid groups (broad SMARTS) is 1. The number of nitrogens with zero attached hydrogens (tertiary/aromatic N) is 3. The van der Waals surface area contributed by atoms with E-state index in [1.165, 1.54) is 4.90 Å². The second kappa shape index (κ2) is 6.63. The van der Waals surface area contributed by atoms with Crippen molar-refractivity contribution in [1.29, 1.82) is 0 Å². The van der Waals surface area contributed by atoms with Crippen LogP contribution in [0.5, 0.6) is 0 Å². The molecule has 0 bridgehead atoms. The van der Waals surface area contributed by atoms with Crippen LogP contribution in [-0.2, 0) is 11.3 Å². The van der Waals surface area contributed by atoms with Gasteiger partial charge in [0, 0.05) is 75.4 Å². The standard InChI is InChI=1S/C20H24N4O4/c1-22(2)19(28)24-9-13-8-23(11-20(13,12-24)18(26)27)10-14-7-17(25)15-5-3-4-6-16(15)21-14/h3-7,13H,8-12H2,1-2H3,(H,21,25)(H,26,27)/t13-,20-/m1/s1. The Balaban J connectivity index is 1.55. The number of aliphatic carboxylic acids is 1. The summed E-state index contributed by atoms with van der Waals surface area (Å²) in [6, 6.07) is 8.79. The molecule has 8 heteroatoms. The molecule has 2 saturated heterocycles. The summed E-state index contributed by atoms with van der Waals surface area (Å²) in [4.78, 5) is 45.2. The Morgan fingerprint density at radius 3 is 2.68 bits per heavy atom. The van der Waals surface area contributed by atoms with Crippen molar-refractivity contribution >= 4 is 22.9 Å². The molecule has 1 aromatic heterocycles. The van der Waals surface area contributed by atoms with Gasteiger partial charge in [0.2, 0.25) is 0 Å². The Labute approximate surface area is 162 Å². The second-order valence-electron chi connectivity index (χ2n) is 8.09. The number of hydrogen-bond donors (Lipinski definition) is 2. The van der Waals surface area contributed by atoms with E-state index in [1.54, 1.807) is 31.1 Å². The van der Waals surface area contributed by atoms with Gasteiger partial charge in [-0.1, -0.05) is 12.1 Å². The van der Waals surface area contributed by atoms with Crippen LogP contribution in [0.2, 0.25) is 0 Å². The first-order chi connectivity index (χ1) is 13.3. The normalized spacial score (nSPS) is 24.5. The number of H-pyrrole nitrogens is 1. The highest BCUT2D eigenvalue weighted by atomic mass is 16.4. The number of aromatic amines is 1. The highest BCUT2D eigenvalue weighted by molar-refractivity contribution is 5.81. The number of likely N-dealkylation sites (tertiary alicyclic amines) is 2. The summed E-state index contributed by atoms with van der Waals surface area (Å²) in [6.45, 7) is 2.08. The summed E-state index contributed by atoms with van der Waals surface area (Å²) in [5.41, 5.74) is 0.549. The predicted molar refractivity (Wildman–Crippen MR) is 104 cm³/mol. The number of pyridine rings is 1. The van der Waals surface area contributed by atoms with Gasteiger partial charge in [0.25, 0.3) is 0 Å². The molecule has 0 aliphatic carbocycles. The fraction of sp³-hybridized carbons (Fsp3) is 0.450. The molecule has 148 valence electrons. The van der Waals surface area contributed by atoms with Crippen LogP contribution >= 0.6 is 0 Å². The minimum atomic E-state index is -0.956. The maximum Gasteiger partial charge on any atom is 0.319 e. The predicted octanol–water partition coefficient (Wildman–Crippen LogP) is 1.03. The number of urea groups is 1. The third-order valence-electron chi connectivity index (χ3n) is 5.95. The average molecular weight is 384 g/mol. The van der Waals surface area contributed by atoms with E-state index in [2.05, 4.69) is 9.88 Å². The Bertz CT molecular complexity index is 1000. The molecule has 2 atom stereocenters. The lowest BCUT2D eigenvalue weighted by Gasteiger charge is -2.27. The summed E-state index contributed by atoms with van der Waals surface area (Å²) in [5, 5.41) is 10.6. The van der Waals surface area contributed by atoms with Gasteiger partial charge in [-0.15, -0.1) is 0 Å². The van der Waals surface area contributed by atoms with E-state index < -0.39 is 11.4 Å². The second-order valence-corrected chi connectivity index (χ2v) is 8.09. The largest absolute Gasteiger partial charge is 0.481 e. The van der Waals surface area contributed by atoms with Crippen molar-refractivity contribution in [2.24, 2.45) is 11.3 Å². The SMILES string of the molecule is CN(C)C(=O)N1C[C@H]2CN(Cc3cc(=O)c4ccccc4[nH]3)C[C@@]2(C(=O)O)C1. The lowest BCUT2D eigenvalue weighted by molar-refractivity contribution is -0.148. The van der Waals surface area contributed by atoms with E-state index in [0.29, 0.717) is 31.6 Å². The van der Waals surface area contributed by atoms with Crippen LogP contribution in [0.1, 0.15) is 5.69 Å². The Kier molecular flexibility index (Phi) is 4.38. The molecular formula is C20H24N4O4. The highest BCUT2D eigenvalue weighted by Crippen LogP contribution is 2.43. The van der Waals surface area contributed by atoms with E-state index in [9.17, 15) is 19.5 Å². The number of benzene rings is 1. The zero-order chi connectivity index (χ0) is 20.1. The molecule has 2 N–H and O–H groups in total. The number of hydrogen-bond acceptors (Lipinski definition) is 4. The van der Waals surface area contributed by atoms with Crippen molar-refractivity contribution in [2.45, 2.75) is 6.54 Å².